The molecular formula is C23H33N5O3. The van der Waals surface area contributed by atoms with Crippen molar-refractivity contribution in [3.05, 3.63) is 53.9 Å². The number of rotatable bonds is 10. The second-order valence-corrected chi connectivity index (χ2v) is 7.83. The average molecular weight is 428 g/mol. The highest BCUT2D eigenvalue weighted by Gasteiger charge is 2.29. The number of aromatic nitrogens is 2. The molecule has 1 fully saturated rings. The van der Waals surface area contributed by atoms with E-state index >= 15 is 0 Å². The summed E-state index contributed by atoms with van der Waals surface area (Å²) in [7, 11) is 0. The normalized spacial score (nSPS) is 17.5. The van der Waals surface area contributed by atoms with Crippen molar-refractivity contribution >= 4 is 11.8 Å². The summed E-state index contributed by atoms with van der Waals surface area (Å²) in [6, 6.07) is 12.1. The van der Waals surface area contributed by atoms with Crippen LogP contribution in [-0.4, -0.2) is 88.7 Å². The van der Waals surface area contributed by atoms with E-state index in [2.05, 4.69) is 27.2 Å². The summed E-state index contributed by atoms with van der Waals surface area (Å²) in [4.78, 5) is 31.1. The number of carbonyl (C=O) groups is 2. The Balaban J connectivity index is 1.65. The molecule has 0 unspecified atom stereocenters. The number of benzene rings is 1. The van der Waals surface area contributed by atoms with Gasteiger partial charge in [0.2, 0.25) is 11.8 Å². The molecule has 0 saturated carbocycles. The number of ether oxygens (including phenoxy) is 1. The standard InChI is InChI=1S/C23H33N5O3/c1-3-27(4-2)23(30)18-31-21-15-26(14-20-10-12-24-25-20)17-22(29)28(16-21)13-11-19-8-6-5-7-9-19/h5-10,12,21H,3-4,11,13-18H2,1-2H3,(H,24,25)/t21-/m0/s1. The van der Waals surface area contributed by atoms with Crippen LogP contribution in [0.25, 0.3) is 0 Å². The Hall–Kier alpha value is -2.71. The molecule has 1 aromatic heterocycles. The van der Waals surface area contributed by atoms with Crippen LogP contribution in [0.1, 0.15) is 25.1 Å². The van der Waals surface area contributed by atoms with Crippen molar-refractivity contribution in [3.63, 3.8) is 0 Å². The summed E-state index contributed by atoms with van der Waals surface area (Å²) in [6.07, 6.45) is 2.26. The van der Waals surface area contributed by atoms with Crippen molar-refractivity contribution in [2.45, 2.75) is 32.9 Å². The van der Waals surface area contributed by atoms with Gasteiger partial charge in [0.15, 0.2) is 0 Å². The molecule has 0 bridgehead atoms. The maximum Gasteiger partial charge on any atom is 0.248 e. The fraction of sp³-hybridized carbons (Fsp3) is 0.522. The van der Waals surface area contributed by atoms with E-state index in [-0.39, 0.29) is 24.5 Å². The Morgan fingerprint density at radius 1 is 1.19 bits per heavy atom. The van der Waals surface area contributed by atoms with E-state index in [9.17, 15) is 9.59 Å². The van der Waals surface area contributed by atoms with Gasteiger partial charge in [-0.2, -0.15) is 5.10 Å². The van der Waals surface area contributed by atoms with Gasteiger partial charge in [-0.25, -0.2) is 0 Å². The Morgan fingerprint density at radius 2 is 1.97 bits per heavy atom. The van der Waals surface area contributed by atoms with Gasteiger partial charge in [0.1, 0.15) is 6.61 Å². The highest BCUT2D eigenvalue weighted by Crippen LogP contribution is 2.13. The highest BCUT2D eigenvalue weighted by molar-refractivity contribution is 5.79. The minimum absolute atomic E-state index is 0.0171. The first-order valence-corrected chi connectivity index (χ1v) is 11.0. The summed E-state index contributed by atoms with van der Waals surface area (Å²) < 4.78 is 6.04. The maximum atomic E-state index is 13.0. The van der Waals surface area contributed by atoms with Gasteiger partial charge < -0.3 is 14.5 Å². The second-order valence-electron chi connectivity index (χ2n) is 7.83. The van der Waals surface area contributed by atoms with Crippen LogP contribution in [0.3, 0.4) is 0 Å². The van der Waals surface area contributed by atoms with Gasteiger partial charge in [0.05, 0.1) is 12.6 Å². The zero-order valence-electron chi connectivity index (χ0n) is 18.5. The number of likely N-dealkylation sites (N-methyl/N-ethyl adjacent to an activating group) is 1. The Kier molecular flexibility index (Phi) is 8.61. The first kappa shape index (κ1) is 23.0. The molecule has 2 aromatic rings. The third-order valence-corrected chi connectivity index (χ3v) is 5.62. The van der Waals surface area contributed by atoms with Crippen molar-refractivity contribution in [3.8, 4) is 0 Å². The van der Waals surface area contributed by atoms with Crippen molar-refractivity contribution in [1.82, 2.24) is 24.9 Å². The molecule has 0 aliphatic carbocycles. The molecule has 31 heavy (non-hydrogen) atoms. The summed E-state index contributed by atoms with van der Waals surface area (Å²) in [5.41, 5.74) is 2.14. The monoisotopic (exact) mass is 427 g/mol. The SMILES string of the molecule is CCN(CC)C(=O)CO[C@H]1CN(Cc2ccn[nH]2)CC(=O)N(CCc2ccccc2)C1. The number of carbonyl (C=O) groups excluding carboxylic acids is 2. The molecule has 8 nitrogen and oxygen atoms in total. The van der Waals surface area contributed by atoms with Crippen LogP contribution in [0.2, 0.25) is 0 Å². The molecule has 2 heterocycles. The molecular weight excluding hydrogens is 394 g/mol. The minimum atomic E-state index is -0.232. The van der Waals surface area contributed by atoms with Gasteiger partial charge in [-0.15, -0.1) is 0 Å². The third kappa shape index (κ3) is 6.90. The first-order chi connectivity index (χ1) is 15.1. The predicted molar refractivity (Wildman–Crippen MR) is 118 cm³/mol. The summed E-state index contributed by atoms with van der Waals surface area (Å²) in [5.74, 6) is 0.0631. The number of nitrogens with one attached hydrogen (secondary N) is 1. The lowest BCUT2D eigenvalue weighted by Crippen LogP contribution is -2.41. The molecule has 168 valence electrons. The van der Waals surface area contributed by atoms with Crippen LogP contribution >= 0.6 is 0 Å². The molecule has 1 atom stereocenters. The number of H-pyrrole nitrogens is 1. The van der Waals surface area contributed by atoms with Gasteiger partial charge in [-0.05, 0) is 31.9 Å². The fourth-order valence-corrected chi connectivity index (χ4v) is 3.87. The lowest BCUT2D eigenvalue weighted by atomic mass is 10.1. The van der Waals surface area contributed by atoms with E-state index in [1.165, 1.54) is 5.56 Å². The Bertz CT molecular complexity index is 808. The Morgan fingerprint density at radius 3 is 2.65 bits per heavy atom. The molecule has 0 spiro atoms. The summed E-state index contributed by atoms with van der Waals surface area (Å²) in [6.45, 7) is 7.88. The van der Waals surface area contributed by atoms with Crippen LogP contribution in [0.4, 0.5) is 0 Å². The number of amides is 2. The van der Waals surface area contributed by atoms with Gasteiger partial charge in [0.25, 0.3) is 0 Å². The summed E-state index contributed by atoms with van der Waals surface area (Å²) >= 11 is 0. The fourth-order valence-electron chi connectivity index (χ4n) is 3.87. The van der Waals surface area contributed by atoms with Crippen LogP contribution < -0.4 is 0 Å². The first-order valence-electron chi connectivity index (χ1n) is 11.0. The number of nitrogens with zero attached hydrogens (tertiary/aromatic N) is 4. The van der Waals surface area contributed by atoms with E-state index in [4.69, 9.17) is 4.74 Å². The molecule has 1 aliphatic heterocycles. The topological polar surface area (TPSA) is 81.8 Å². The second kappa shape index (κ2) is 11.6. The molecule has 1 N–H and O–H groups in total. The number of hydrogen-bond acceptors (Lipinski definition) is 5. The summed E-state index contributed by atoms with van der Waals surface area (Å²) in [5, 5.41) is 6.95. The molecule has 1 aromatic carbocycles. The van der Waals surface area contributed by atoms with Crippen LogP contribution in [-0.2, 0) is 27.3 Å². The lowest BCUT2D eigenvalue weighted by Gasteiger charge is -2.26. The zero-order chi connectivity index (χ0) is 22.1. The highest BCUT2D eigenvalue weighted by atomic mass is 16.5. The molecule has 8 heteroatoms. The largest absolute Gasteiger partial charge is 0.365 e. The van der Waals surface area contributed by atoms with Crippen molar-refractivity contribution < 1.29 is 14.3 Å². The van der Waals surface area contributed by atoms with Crippen molar-refractivity contribution in [2.24, 2.45) is 0 Å². The van der Waals surface area contributed by atoms with E-state index in [0.717, 1.165) is 12.1 Å². The van der Waals surface area contributed by atoms with E-state index in [1.807, 2.05) is 43.0 Å². The van der Waals surface area contributed by atoms with Crippen molar-refractivity contribution in [2.75, 3.05) is 45.9 Å². The zero-order valence-corrected chi connectivity index (χ0v) is 18.5. The maximum absolute atomic E-state index is 13.0. The van der Waals surface area contributed by atoms with Gasteiger partial charge >= 0.3 is 0 Å². The number of aromatic amines is 1. The average Bonchev–Trinajstić information content (AvgIpc) is 3.23. The molecule has 2 amide bonds. The molecule has 1 aliphatic rings. The van der Waals surface area contributed by atoms with E-state index in [1.54, 1.807) is 11.1 Å². The Labute approximate surface area is 184 Å². The van der Waals surface area contributed by atoms with Crippen molar-refractivity contribution in [1.29, 1.82) is 0 Å². The van der Waals surface area contributed by atoms with Gasteiger partial charge in [0, 0.05) is 51.2 Å². The van der Waals surface area contributed by atoms with Crippen LogP contribution in [0.5, 0.6) is 0 Å². The van der Waals surface area contributed by atoms with Gasteiger partial charge in [-0.1, -0.05) is 30.3 Å². The lowest BCUT2D eigenvalue weighted by molar-refractivity contribution is -0.138. The smallest absolute Gasteiger partial charge is 0.248 e. The van der Waals surface area contributed by atoms with Crippen LogP contribution in [0.15, 0.2) is 42.6 Å². The van der Waals surface area contributed by atoms with E-state index < -0.39 is 0 Å². The molecule has 3 rings (SSSR count). The number of hydrogen-bond donors (Lipinski definition) is 1. The molecule has 1 saturated heterocycles. The van der Waals surface area contributed by atoms with Gasteiger partial charge in [-0.3, -0.25) is 19.6 Å². The quantitative estimate of drug-likeness (QED) is 0.622. The predicted octanol–water partition coefficient (Wildman–Crippen LogP) is 1.55. The minimum Gasteiger partial charge on any atom is -0.365 e. The van der Waals surface area contributed by atoms with E-state index in [0.29, 0.717) is 45.8 Å². The third-order valence-electron chi connectivity index (χ3n) is 5.62. The van der Waals surface area contributed by atoms with Crippen LogP contribution in [0, 0.1) is 0 Å². The molecule has 0 radical (unpaired) electrons.